The van der Waals surface area contributed by atoms with Gasteiger partial charge in [0, 0.05) is 39.8 Å². The molecule has 1 saturated heterocycles. The summed E-state index contributed by atoms with van der Waals surface area (Å²) >= 11 is 0. The Morgan fingerprint density at radius 3 is 2.50 bits per heavy atom. The van der Waals surface area contributed by atoms with Crippen molar-refractivity contribution in [3.63, 3.8) is 0 Å². The third-order valence-corrected chi connectivity index (χ3v) is 3.80. The second-order valence-electron chi connectivity index (χ2n) is 5.25. The predicted octanol–water partition coefficient (Wildman–Crippen LogP) is 2.94. The zero-order chi connectivity index (χ0) is 15.1. The van der Waals surface area contributed by atoms with Crippen molar-refractivity contribution in [1.82, 2.24) is 10.2 Å². The molecule has 124 valence electrons. The van der Waals surface area contributed by atoms with Gasteiger partial charge in [0.05, 0.1) is 5.69 Å². The molecule has 0 unspecified atom stereocenters. The Balaban J connectivity index is 0.00000242. The summed E-state index contributed by atoms with van der Waals surface area (Å²) in [6, 6.07) is 6.98. The number of aliphatic imine (C=N–C) groups is 1. The van der Waals surface area contributed by atoms with E-state index in [-0.39, 0.29) is 29.8 Å². The topological polar surface area (TPSA) is 30.9 Å². The lowest BCUT2D eigenvalue weighted by Crippen LogP contribution is -2.52. The molecule has 1 N–H and O–H groups in total. The van der Waals surface area contributed by atoms with E-state index in [2.05, 4.69) is 27.0 Å². The van der Waals surface area contributed by atoms with Crippen LogP contribution >= 0.6 is 24.0 Å². The van der Waals surface area contributed by atoms with E-state index in [4.69, 9.17) is 0 Å². The molecule has 22 heavy (non-hydrogen) atoms. The molecule has 0 aromatic heterocycles. The van der Waals surface area contributed by atoms with Crippen LogP contribution in [0.15, 0.2) is 29.3 Å². The molecule has 4 nitrogen and oxygen atoms in total. The summed E-state index contributed by atoms with van der Waals surface area (Å²) in [5, 5.41) is 3.39. The molecule has 0 atom stereocenters. The number of hydrogen-bond acceptors (Lipinski definition) is 2. The number of piperazine rings is 1. The van der Waals surface area contributed by atoms with Gasteiger partial charge in [-0.1, -0.05) is 25.5 Å². The molecule has 2 rings (SSSR count). The minimum atomic E-state index is -0.142. The van der Waals surface area contributed by atoms with Gasteiger partial charge in [-0.25, -0.2) is 4.39 Å². The largest absolute Gasteiger partial charge is 0.366 e. The number of rotatable bonds is 4. The SMILES string of the molecule is CCCCNC(=NC)N1CCN(c2ccccc2F)CC1.I. The number of nitrogens with zero attached hydrogens (tertiary/aromatic N) is 3. The molecule has 0 amide bonds. The lowest BCUT2D eigenvalue weighted by Gasteiger charge is -2.37. The number of anilines is 1. The van der Waals surface area contributed by atoms with Gasteiger partial charge in [-0.3, -0.25) is 4.99 Å². The van der Waals surface area contributed by atoms with Crippen LogP contribution < -0.4 is 10.2 Å². The third kappa shape index (κ3) is 5.00. The number of halogens is 2. The molecule has 1 heterocycles. The van der Waals surface area contributed by atoms with Crippen LogP contribution in [0.5, 0.6) is 0 Å². The van der Waals surface area contributed by atoms with E-state index >= 15 is 0 Å². The molecular formula is C16H26FIN4. The zero-order valence-corrected chi connectivity index (χ0v) is 15.7. The van der Waals surface area contributed by atoms with Gasteiger partial charge in [-0.15, -0.1) is 24.0 Å². The molecule has 1 aliphatic rings. The Morgan fingerprint density at radius 1 is 1.23 bits per heavy atom. The van der Waals surface area contributed by atoms with Crippen molar-refractivity contribution in [2.24, 2.45) is 4.99 Å². The third-order valence-electron chi connectivity index (χ3n) is 3.80. The Morgan fingerprint density at radius 2 is 1.91 bits per heavy atom. The van der Waals surface area contributed by atoms with Crippen molar-refractivity contribution in [3.8, 4) is 0 Å². The van der Waals surface area contributed by atoms with Gasteiger partial charge in [0.1, 0.15) is 5.82 Å². The number of guanidine groups is 1. The lowest BCUT2D eigenvalue weighted by atomic mass is 10.2. The minimum Gasteiger partial charge on any atom is -0.366 e. The van der Waals surface area contributed by atoms with Crippen LogP contribution in [0.1, 0.15) is 19.8 Å². The minimum absolute atomic E-state index is 0. The van der Waals surface area contributed by atoms with Crippen LogP contribution in [0, 0.1) is 5.82 Å². The maximum Gasteiger partial charge on any atom is 0.193 e. The highest BCUT2D eigenvalue weighted by Crippen LogP contribution is 2.20. The van der Waals surface area contributed by atoms with E-state index in [1.165, 1.54) is 12.5 Å². The highest BCUT2D eigenvalue weighted by atomic mass is 127. The van der Waals surface area contributed by atoms with Gasteiger partial charge in [-0.05, 0) is 18.6 Å². The van der Waals surface area contributed by atoms with Crippen molar-refractivity contribution in [1.29, 1.82) is 0 Å². The number of hydrogen-bond donors (Lipinski definition) is 1. The summed E-state index contributed by atoms with van der Waals surface area (Å²) in [6.07, 6.45) is 2.32. The molecule has 1 aromatic rings. The molecule has 0 radical (unpaired) electrons. The Bertz CT molecular complexity index is 473. The normalized spacial score (nSPS) is 15.5. The van der Waals surface area contributed by atoms with E-state index in [1.54, 1.807) is 6.07 Å². The highest BCUT2D eigenvalue weighted by molar-refractivity contribution is 14.0. The maximum atomic E-state index is 13.8. The first kappa shape index (κ1) is 19.0. The molecular weight excluding hydrogens is 394 g/mol. The quantitative estimate of drug-likeness (QED) is 0.352. The first-order chi connectivity index (χ1) is 10.3. The van der Waals surface area contributed by atoms with Crippen LogP contribution in [0.2, 0.25) is 0 Å². The number of para-hydroxylation sites is 1. The molecule has 1 aromatic carbocycles. The van der Waals surface area contributed by atoms with Crippen LogP contribution in [0.4, 0.5) is 10.1 Å². The van der Waals surface area contributed by atoms with E-state index in [1.807, 2.05) is 19.2 Å². The Kier molecular flexibility index (Phi) is 8.52. The number of nitrogens with one attached hydrogen (secondary N) is 1. The Labute approximate surface area is 149 Å². The average molecular weight is 420 g/mol. The van der Waals surface area contributed by atoms with Gasteiger partial charge < -0.3 is 15.1 Å². The monoisotopic (exact) mass is 420 g/mol. The van der Waals surface area contributed by atoms with Crippen molar-refractivity contribution >= 4 is 35.6 Å². The Hall–Kier alpha value is -1.05. The van der Waals surface area contributed by atoms with Crippen molar-refractivity contribution in [2.75, 3.05) is 44.7 Å². The molecule has 1 aliphatic heterocycles. The van der Waals surface area contributed by atoms with Gasteiger partial charge in [0.15, 0.2) is 5.96 Å². The van der Waals surface area contributed by atoms with E-state index in [0.29, 0.717) is 5.69 Å². The summed E-state index contributed by atoms with van der Waals surface area (Å²) in [4.78, 5) is 8.68. The number of benzene rings is 1. The fourth-order valence-electron chi connectivity index (χ4n) is 2.58. The summed E-state index contributed by atoms with van der Waals surface area (Å²) in [5.74, 6) is 0.813. The van der Waals surface area contributed by atoms with E-state index < -0.39 is 0 Å². The second kappa shape index (κ2) is 9.86. The van der Waals surface area contributed by atoms with Crippen molar-refractivity contribution < 1.29 is 4.39 Å². The van der Waals surface area contributed by atoms with Crippen LogP contribution in [0.3, 0.4) is 0 Å². The van der Waals surface area contributed by atoms with Gasteiger partial charge in [0.25, 0.3) is 0 Å². The van der Waals surface area contributed by atoms with Gasteiger partial charge in [-0.2, -0.15) is 0 Å². The molecule has 0 saturated carbocycles. The number of unbranched alkanes of at least 4 members (excludes halogenated alkanes) is 1. The zero-order valence-electron chi connectivity index (χ0n) is 13.4. The lowest BCUT2D eigenvalue weighted by molar-refractivity contribution is 0.370. The summed E-state index contributed by atoms with van der Waals surface area (Å²) in [5.41, 5.74) is 0.700. The summed E-state index contributed by atoms with van der Waals surface area (Å²) in [7, 11) is 1.82. The molecule has 1 fully saturated rings. The van der Waals surface area contributed by atoms with Gasteiger partial charge >= 0.3 is 0 Å². The van der Waals surface area contributed by atoms with Crippen LogP contribution in [-0.4, -0.2) is 50.6 Å². The van der Waals surface area contributed by atoms with Crippen LogP contribution in [0.25, 0.3) is 0 Å². The average Bonchev–Trinajstić information content (AvgIpc) is 2.53. The molecule has 0 spiro atoms. The predicted molar refractivity (Wildman–Crippen MR) is 102 cm³/mol. The smallest absolute Gasteiger partial charge is 0.193 e. The van der Waals surface area contributed by atoms with Crippen molar-refractivity contribution in [3.05, 3.63) is 30.1 Å². The van der Waals surface area contributed by atoms with Crippen LogP contribution in [-0.2, 0) is 0 Å². The molecule has 0 aliphatic carbocycles. The van der Waals surface area contributed by atoms with E-state index in [9.17, 15) is 4.39 Å². The molecule has 0 bridgehead atoms. The first-order valence-electron chi connectivity index (χ1n) is 7.71. The highest BCUT2D eigenvalue weighted by Gasteiger charge is 2.21. The second-order valence-corrected chi connectivity index (χ2v) is 5.25. The summed E-state index contributed by atoms with van der Waals surface area (Å²) < 4.78 is 13.8. The van der Waals surface area contributed by atoms with Crippen molar-refractivity contribution in [2.45, 2.75) is 19.8 Å². The maximum absolute atomic E-state index is 13.8. The molecule has 6 heteroatoms. The fraction of sp³-hybridized carbons (Fsp3) is 0.562. The van der Waals surface area contributed by atoms with Gasteiger partial charge in [0.2, 0.25) is 0 Å². The standard InChI is InChI=1S/C16H25FN4.HI/c1-3-4-9-19-16(18-2)21-12-10-20(11-13-21)15-8-6-5-7-14(15)17;/h5-8H,3-4,9-13H2,1-2H3,(H,18,19);1H. The van der Waals surface area contributed by atoms with E-state index in [0.717, 1.165) is 45.1 Å². The fourth-order valence-corrected chi connectivity index (χ4v) is 2.58. The first-order valence-corrected chi connectivity index (χ1v) is 7.71. The summed E-state index contributed by atoms with van der Waals surface area (Å²) in [6.45, 7) is 6.49.